The van der Waals surface area contributed by atoms with E-state index in [1.165, 1.54) is 12.3 Å². The number of oxazole rings is 1. The molecule has 0 amide bonds. The van der Waals surface area contributed by atoms with Crippen LogP contribution in [0.5, 0.6) is 0 Å². The van der Waals surface area contributed by atoms with Crippen molar-refractivity contribution in [3.05, 3.63) is 65.9 Å². The Bertz CT molecular complexity index is 871. The van der Waals surface area contributed by atoms with Crippen LogP contribution in [-0.2, 0) is 0 Å². The average molecular weight is 355 g/mol. The van der Waals surface area contributed by atoms with Gasteiger partial charge < -0.3 is 9.73 Å². The lowest BCUT2D eigenvalue weighted by atomic mass is 10.1. The Hall–Kier alpha value is -2.76. The molecule has 4 nitrogen and oxygen atoms in total. The molecule has 0 radical (unpaired) electrons. The minimum atomic E-state index is -2.55. The van der Waals surface area contributed by atoms with Gasteiger partial charge in [0.05, 0.1) is 12.2 Å². The molecule has 2 aromatic heterocycles. The van der Waals surface area contributed by atoms with Gasteiger partial charge in [0.2, 0.25) is 0 Å². The van der Waals surface area contributed by atoms with Gasteiger partial charge in [0.15, 0.2) is 11.7 Å². The van der Waals surface area contributed by atoms with Crippen LogP contribution >= 0.6 is 0 Å². The third-order valence-corrected chi connectivity index (χ3v) is 4.54. The van der Waals surface area contributed by atoms with Crippen LogP contribution in [0.4, 0.5) is 14.5 Å². The molecule has 1 aliphatic carbocycles. The lowest BCUT2D eigenvalue weighted by Crippen LogP contribution is -2.07. The summed E-state index contributed by atoms with van der Waals surface area (Å²) in [5, 5.41) is 3.35. The molecular formula is C20H19F2N3O. The fourth-order valence-electron chi connectivity index (χ4n) is 2.81. The van der Waals surface area contributed by atoms with E-state index < -0.39 is 6.43 Å². The number of nitrogens with one attached hydrogen (secondary N) is 1. The second-order valence-corrected chi connectivity index (χ2v) is 6.60. The number of hydrogen-bond donors (Lipinski definition) is 1. The molecule has 0 saturated heterocycles. The molecule has 1 aromatic carbocycles. The second-order valence-electron chi connectivity index (χ2n) is 6.60. The van der Waals surface area contributed by atoms with E-state index in [-0.39, 0.29) is 11.7 Å². The molecule has 0 unspecified atom stereocenters. The number of anilines is 1. The fraction of sp³-hybridized carbons (Fsp3) is 0.300. The minimum Gasteiger partial charge on any atom is -0.440 e. The highest BCUT2D eigenvalue weighted by Crippen LogP contribution is 2.40. The number of hydrogen-bond acceptors (Lipinski definition) is 4. The normalized spacial score (nSPS) is 15.2. The van der Waals surface area contributed by atoms with Gasteiger partial charge in [-0.2, -0.15) is 0 Å². The highest BCUT2D eigenvalue weighted by Gasteiger charge is 2.28. The predicted molar refractivity (Wildman–Crippen MR) is 95.1 cm³/mol. The Morgan fingerprint density at radius 3 is 2.42 bits per heavy atom. The number of aromatic nitrogens is 2. The third kappa shape index (κ3) is 3.59. The van der Waals surface area contributed by atoms with Crippen LogP contribution in [0.25, 0.3) is 11.3 Å². The maximum Gasteiger partial charge on any atom is 0.280 e. The van der Waals surface area contributed by atoms with E-state index in [2.05, 4.69) is 15.3 Å². The summed E-state index contributed by atoms with van der Waals surface area (Å²) in [4.78, 5) is 8.15. The highest BCUT2D eigenvalue weighted by atomic mass is 19.3. The van der Waals surface area contributed by atoms with Crippen molar-refractivity contribution in [2.24, 2.45) is 0 Å². The number of pyridine rings is 1. The van der Waals surface area contributed by atoms with Crippen molar-refractivity contribution in [1.82, 2.24) is 9.97 Å². The van der Waals surface area contributed by atoms with Crippen LogP contribution in [0.1, 0.15) is 55.3 Å². The first kappa shape index (κ1) is 16.7. The van der Waals surface area contributed by atoms with Crippen LogP contribution in [0.15, 0.2) is 53.2 Å². The summed E-state index contributed by atoms with van der Waals surface area (Å²) >= 11 is 0. The Kier molecular flexibility index (Phi) is 4.41. The molecule has 1 N–H and O–H groups in total. The van der Waals surface area contributed by atoms with Gasteiger partial charge in [-0.1, -0.05) is 6.07 Å². The molecule has 3 aromatic rings. The SMILES string of the molecule is C[C@H](Nc1ccc(-c2cnc(C3CC3)o2)cc1)c1ccc(C(F)F)nc1. The molecule has 4 rings (SSSR count). The first-order chi connectivity index (χ1) is 12.6. The quantitative estimate of drug-likeness (QED) is 0.614. The van der Waals surface area contributed by atoms with Gasteiger partial charge in [0, 0.05) is 23.4 Å². The lowest BCUT2D eigenvalue weighted by molar-refractivity contribution is 0.146. The molecule has 26 heavy (non-hydrogen) atoms. The first-order valence-corrected chi connectivity index (χ1v) is 8.67. The summed E-state index contributed by atoms with van der Waals surface area (Å²) in [5.74, 6) is 2.10. The van der Waals surface area contributed by atoms with E-state index in [0.717, 1.165) is 41.3 Å². The summed E-state index contributed by atoms with van der Waals surface area (Å²) in [6.07, 6.45) is 3.04. The zero-order valence-corrected chi connectivity index (χ0v) is 14.3. The molecule has 0 bridgehead atoms. The standard InChI is InChI=1S/C20H19F2N3O/c1-12(15-6-9-17(19(21)22)23-10-15)25-16-7-4-13(5-8-16)18-11-24-20(26-18)14-2-3-14/h4-12,14,19,25H,2-3H2,1H3/t12-/m0/s1. The lowest BCUT2D eigenvalue weighted by Gasteiger charge is -2.16. The van der Waals surface area contributed by atoms with Crippen molar-refractivity contribution >= 4 is 5.69 Å². The topological polar surface area (TPSA) is 51.0 Å². The molecule has 0 aliphatic heterocycles. The van der Waals surface area contributed by atoms with Gasteiger partial charge in [0.1, 0.15) is 5.69 Å². The van der Waals surface area contributed by atoms with Crippen molar-refractivity contribution < 1.29 is 13.2 Å². The smallest absolute Gasteiger partial charge is 0.280 e. The van der Waals surface area contributed by atoms with Gasteiger partial charge in [-0.15, -0.1) is 0 Å². The Morgan fingerprint density at radius 2 is 1.81 bits per heavy atom. The van der Waals surface area contributed by atoms with E-state index in [4.69, 9.17) is 4.42 Å². The van der Waals surface area contributed by atoms with Crippen molar-refractivity contribution in [2.45, 2.75) is 38.2 Å². The van der Waals surface area contributed by atoms with E-state index >= 15 is 0 Å². The van der Waals surface area contributed by atoms with Crippen LogP contribution in [0.3, 0.4) is 0 Å². The summed E-state index contributed by atoms with van der Waals surface area (Å²) < 4.78 is 31.0. The number of benzene rings is 1. The number of halogens is 2. The zero-order chi connectivity index (χ0) is 18.1. The zero-order valence-electron chi connectivity index (χ0n) is 14.3. The molecule has 6 heteroatoms. The summed E-state index contributed by atoms with van der Waals surface area (Å²) in [6, 6.07) is 10.9. The number of nitrogens with zero attached hydrogens (tertiary/aromatic N) is 2. The van der Waals surface area contributed by atoms with Crippen molar-refractivity contribution in [1.29, 1.82) is 0 Å². The van der Waals surface area contributed by atoms with Crippen LogP contribution < -0.4 is 5.32 Å². The molecule has 0 spiro atoms. The van der Waals surface area contributed by atoms with E-state index in [1.54, 1.807) is 12.3 Å². The Morgan fingerprint density at radius 1 is 1.04 bits per heavy atom. The number of alkyl halides is 2. The van der Waals surface area contributed by atoms with Crippen LogP contribution in [0.2, 0.25) is 0 Å². The van der Waals surface area contributed by atoms with E-state index in [0.29, 0.717) is 5.92 Å². The van der Waals surface area contributed by atoms with Crippen molar-refractivity contribution in [2.75, 3.05) is 5.32 Å². The van der Waals surface area contributed by atoms with Crippen molar-refractivity contribution in [3.63, 3.8) is 0 Å². The van der Waals surface area contributed by atoms with E-state index in [9.17, 15) is 8.78 Å². The third-order valence-electron chi connectivity index (χ3n) is 4.54. The van der Waals surface area contributed by atoms with Gasteiger partial charge in [-0.3, -0.25) is 4.98 Å². The molecule has 1 aliphatic rings. The van der Waals surface area contributed by atoms with Gasteiger partial charge in [-0.25, -0.2) is 13.8 Å². The minimum absolute atomic E-state index is 0.0492. The fourth-order valence-corrected chi connectivity index (χ4v) is 2.81. The Balaban J connectivity index is 1.42. The molecular weight excluding hydrogens is 336 g/mol. The molecule has 2 heterocycles. The predicted octanol–water partition coefficient (Wildman–Crippen LogP) is 5.72. The maximum absolute atomic E-state index is 12.6. The Labute approximate surface area is 150 Å². The monoisotopic (exact) mass is 355 g/mol. The van der Waals surface area contributed by atoms with Crippen molar-refractivity contribution in [3.8, 4) is 11.3 Å². The number of rotatable bonds is 6. The second kappa shape index (κ2) is 6.86. The van der Waals surface area contributed by atoms with Gasteiger partial charge in [0.25, 0.3) is 6.43 Å². The van der Waals surface area contributed by atoms with Gasteiger partial charge in [-0.05, 0) is 55.7 Å². The molecule has 134 valence electrons. The van der Waals surface area contributed by atoms with Crippen LogP contribution in [0, 0.1) is 0 Å². The molecule has 1 fully saturated rings. The first-order valence-electron chi connectivity index (χ1n) is 8.67. The maximum atomic E-state index is 12.6. The average Bonchev–Trinajstić information content (AvgIpc) is 3.39. The highest BCUT2D eigenvalue weighted by molar-refractivity contribution is 5.61. The van der Waals surface area contributed by atoms with E-state index in [1.807, 2.05) is 31.2 Å². The summed E-state index contributed by atoms with van der Waals surface area (Å²) in [6.45, 7) is 1.96. The largest absolute Gasteiger partial charge is 0.440 e. The molecule has 1 atom stereocenters. The summed E-state index contributed by atoms with van der Waals surface area (Å²) in [7, 11) is 0. The van der Waals surface area contributed by atoms with Gasteiger partial charge >= 0.3 is 0 Å². The summed E-state index contributed by atoms with van der Waals surface area (Å²) in [5.41, 5.74) is 2.55. The molecule has 1 saturated carbocycles. The van der Waals surface area contributed by atoms with Crippen LogP contribution in [-0.4, -0.2) is 9.97 Å².